The molecule has 3 unspecified atom stereocenters. The fourth-order valence-electron chi connectivity index (χ4n) is 11.3. The van der Waals surface area contributed by atoms with Crippen LogP contribution in [0.25, 0.3) is 0 Å². The molecule has 1 amide bonds. The molecule has 0 aliphatic rings. The molecule has 0 aliphatic heterocycles. The fourth-order valence-corrected chi connectivity index (χ4v) is 12.0. The van der Waals surface area contributed by atoms with Crippen molar-refractivity contribution in [2.45, 2.75) is 392 Å². The highest BCUT2D eigenvalue weighted by atomic mass is 31.2. The SMILES string of the molecule is CCCCCCCCCCCCCCCCCCC/C=C/CC/C=C/C(O)C(COP(=O)(O)OCC[N+](C)(C)C)NC(=O)CCCCCCCCCCCCCCCCCCCCCCCCCCCCCCCCCCCCCC. The topological polar surface area (TPSA) is 105 Å². The number of phosphoric acid groups is 1. The van der Waals surface area contributed by atoms with Crippen LogP contribution in [0.4, 0.5) is 0 Å². The Morgan fingerprint density at radius 2 is 0.679 bits per heavy atom. The van der Waals surface area contributed by atoms with Gasteiger partial charge >= 0.3 is 7.82 Å². The van der Waals surface area contributed by atoms with Gasteiger partial charge in [0.05, 0.1) is 39.9 Å². The second kappa shape index (κ2) is 63.5. The third kappa shape index (κ3) is 66.4. The number of carbonyl (C=O) groups is 1. The summed E-state index contributed by atoms with van der Waals surface area (Å²) in [5, 5.41) is 14.0. The third-order valence-electron chi connectivity index (χ3n) is 16.9. The molecule has 482 valence electrons. The monoisotopic (exact) mass is 1160 g/mol. The Balaban J connectivity index is 3.98. The molecule has 9 heteroatoms. The first-order valence-electron chi connectivity index (χ1n) is 36.2. The van der Waals surface area contributed by atoms with E-state index in [2.05, 4.69) is 31.3 Å². The van der Waals surface area contributed by atoms with E-state index < -0.39 is 20.0 Å². The van der Waals surface area contributed by atoms with Crippen molar-refractivity contribution < 1.29 is 32.9 Å². The minimum Gasteiger partial charge on any atom is -0.387 e. The number of nitrogens with zero attached hydrogens (tertiary/aromatic N) is 1. The van der Waals surface area contributed by atoms with Crippen molar-refractivity contribution in [1.82, 2.24) is 5.32 Å². The third-order valence-corrected chi connectivity index (χ3v) is 17.9. The average molecular weight is 1160 g/mol. The predicted octanol–water partition coefficient (Wildman–Crippen LogP) is 23.1. The Morgan fingerprint density at radius 1 is 0.407 bits per heavy atom. The number of hydrogen-bond acceptors (Lipinski definition) is 5. The smallest absolute Gasteiger partial charge is 0.387 e. The second-order valence-corrected chi connectivity index (χ2v) is 27.8. The number of nitrogens with one attached hydrogen (secondary N) is 1. The molecule has 0 spiro atoms. The van der Waals surface area contributed by atoms with Gasteiger partial charge < -0.3 is 19.8 Å². The summed E-state index contributed by atoms with van der Waals surface area (Å²) in [6, 6.07) is -0.862. The zero-order valence-electron chi connectivity index (χ0n) is 55.3. The maximum atomic E-state index is 13.0. The van der Waals surface area contributed by atoms with E-state index in [0.717, 1.165) is 38.5 Å². The molecule has 0 bridgehead atoms. The Morgan fingerprint density at radius 3 is 0.988 bits per heavy atom. The summed E-state index contributed by atoms with van der Waals surface area (Å²) >= 11 is 0. The van der Waals surface area contributed by atoms with E-state index in [4.69, 9.17) is 9.05 Å². The maximum absolute atomic E-state index is 13.0. The molecule has 0 aromatic carbocycles. The molecule has 0 saturated carbocycles. The van der Waals surface area contributed by atoms with Crippen LogP contribution in [-0.2, 0) is 18.4 Å². The van der Waals surface area contributed by atoms with E-state index in [1.165, 1.54) is 321 Å². The molecule has 0 radical (unpaired) electrons. The Bertz CT molecular complexity index is 1370. The summed E-state index contributed by atoms with van der Waals surface area (Å²) in [7, 11) is 1.57. The maximum Gasteiger partial charge on any atom is 0.472 e. The van der Waals surface area contributed by atoms with Gasteiger partial charge in [0.1, 0.15) is 13.2 Å². The number of allylic oxidation sites excluding steroid dienone is 3. The summed E-state index contributed by atoms with van der Waals surface area (Å²) in [5.74, 6) is -0.178. The lowest BCUT2D eigenvalue weighted by atomic mass is 10.0. The fraction of sp³-hybridized carbons (Fsp3) is 0.931. The second-order valence-electron chi connectivity index (χ2n) is 26.3. The van der Waals surface area contributed by atoms with Gasteiger partial charge in [-0.05, 0) is 32.1 Å². The minimum absolute atomic E-state index is 0.0591. The number of unbranched alkanes of at least 4 members (excludes halogenated alkanes) is 53. The van der Waals surface area contributed by atoms with Crippen molar-refractivity contribution in [2.75, 3.05) is 40.9 Å². The van der Waals surface area contributed by atoms with Crippen LogP contribution in [0.2, 0.25) is 0 Å². The van der Waals surface area contributed by atoms with Gasteiger partial charge in [-0.25, -0.2) is 4.57 Å². The summed E-state index contributed by atoms with van der Waals surface area (Å²) in [6.07, 6.45) is 83.5. The van der Waals surface area contributed by atoms with Gasteiger partial charge in [-0.15, -0.1) is 0 Å². The normalized spacial score (nSPS) is 13.7. The lowest BCUT2D eigenvalue weighted by Gasteiger charge is -2.25. The highest BCUT2D eigenvalue weighted by Crippen LogP contribution is 2.43. The first kappa shape index (κ1) is 80.0. The van der Waals surface area contributed by atoms with E-state index in [9.17, 15) is 19.4 Å². The van der Waals surface area contributed by atoms with Crippen molar-refractivity contribution in [3.05, 3.63) is 24.3 Å². The minimum atomic E-state index is -4.36. The standard InChI is InChI=1S/C72H143N2O6P/c1-6-8-10-12-14-16-18-20-22-24-26-28-30-31-32-33-34-35-36-37-38-39-40-41-42-44-46-48-50-52-54-56-58-60-62-64-66-72(76)73-70(69-80-81(77,78)79-68-67-74(3,4)5)71(75)65-63-61-59-57-55-53-51-49-47-45-43-29-27-25-23-21-19-17-15-13-11-9-7-2/h55,57,63,65,70-71,75H,6-54,56,58-62,64,66-69H2,1-5H3,(H-,73,76,77,78)/p+1/b57-55+,65-63+. The first-order chi connectivity index (χ1) is 39.5. The average Bonchev–Trinajstić information content (AvgIpc) is 3.43. The van der Waals surface area contributed by atoms with E-state index in [1.54, 1.807) is 6.08 Å². The molecule has 3 atom stereocenters. The number of rotatable bonds is 68. The van der Waals surface area contributed by atoms with E-state index in [-0.39, 0.29) is 19.1 Å². The quantitative estimate of drug-likeness (QED) is 0.0243. The van der Waals surface area contributed by atoms with Gasteiger partial charge in [-0.2, -0.15) is 0 Å². The molecule has 0 aromatic heterocycles. The summed E-state index contributed by atoms with van der Waals surface area (Å²) in [4.78, 5) is 23.4. The van der Waals surface area contributed by atoms with Crippen LogP contribution in [0.5, 0.6) is 0 Å². The van der Waals surface area contributed by atoms with Gasteiger partial charge in [-0.1, -0.05) is 366 Å². The molecule has 3 N–H and O–H groups in total. The predicted molar refractivity (Wildman–Crippen MR) is 355 cm³/mol. The van der Waals surface area contributed by atoms with Gasteiger partial charge in [0, 0.05) is 6.42 Å². The lowest BCUT2D eigenvalue weighted by Crippen LogP contribution is -2.45. The molecule has 0 rings (SSSR count). The number of carbonyl (C=O) groups excluding carboxylic acids is 1. The number of hydrogen-bond donors (Lipinski definition) is 3. The highest BCUT2D eigenvalue weighted by Gasteiger charge is 2.28. The van der Waals surface area contributed by atoms with E-state index in [1.807, 2.05) is 27.2 Å². The summed E-state index contributed by atoms with van der Waals surface area (Å²) in [6.45, 7) is 4.86. The van der Waals surface area contributed by atoms with Crippen molar-refractivity contribution in [3.8, 4) is 0 Å². The van der Waals surface area contributed by atoms with Gasteiger partial charge in [0.2, 0.25) is 5.91 Å². The van der Waals surface area contributed by atoms with Crippen LogP contribution >= 0.6 is 7.82 Å². The van der Waals surface area contributed by atoms with E-state index in [0.29, 0.717) is 17.4 Å². The molecule has 0 fully saturated rings. The van der Waals surface area contributed by atoms with Crippen LogP contribution in [0, 0.1) is 0 Å². The Kier molecular flexibility index (Phi) is 62.7. The van der Waals surface area contributed by atoms with Gasteiger partial charge in [0.25, 0.3) is 0 Å². The Labute approximate surface area is 506 Å². The summed E-state index contributed by atoms with van der Waals surface area (Å²) < 4.78 is 23.8. The van der Waals surface area contributed by atoms with Crippen LogP contribution in [0.3, 0.4) is 0 Å². The number of aliphatic hydroxyl groups is 1. The lowest BCUT2D eigenvalue weighted by molar-refractivity contribution is -0.870. The molecule has 0 saturated heterocycles. The van der Waals surface area contributed by atoms with Gasteiger partial charge in [0.15, 0.2) is 0 Å². The molecular weight excluding hydrogens is 1020 g/mol. The van der Waals surface area contributed by atoms with E-state index >= 15 is 0 Å². The number of amides is 1. The molecule has 0 heterocycles. The largest absolute Gasteiger partial charge is 0.472 e. The Hall–Kier alpha value is -1.02. The van der Waals surface area contributed by atoms with Crippen LogP contribution in [0.15, 0.2) is 24.3 Å². The van der Waals surface area contributed by atoms with Crippen LogP contribution < -0.4 is 5.32 Å². The zero-order chi connectivity index (χ0) is 59.1. The molecule has 81 heavy (non-hydrogen) atoms. The van der Waals surface area contributed by atoms with Crippen molar-refractivity contribution >= 4 is 13.7 Å². The molecule has 0 aliphatic carbocycles. The van der Waals surface area contributed by atoms with Crippen molar-refractivity contribution in [2.24, 2.45) is 0 Å². The zero-order valence-corrected chi connectivity index (χ0v) is 56.2. The summed E-state index contributed by atoms with van der Waals surface area (Å²) in [5.41, 5.74) is 0. The molecule has 0 aromatic rings. The first-order valence-corrected chi connectivity index (χ1v) is 37.7. The highest BCUT2D eigenvalue weighted by molar-refractivity contribution is 7.47. The number of phosphoric ester groups is 1. The van der Waals surface area contributed by atoms with Crippen LogP contribution in [-0.4, -0.2) is 73.4 Å². The van der Waals surface area contributed by atoms with Gasteiger partial charge in [-0.3, -0.25) is 13.8 Å². The van der Waals surface area contributed by atoms with Crippen LogP contribution in [0.1, 0.15) is 380 Å². The van der Waals surface area contributed by atoms with Crippen molar-refractivity contribution in [3.63, 3.8) is 0 Å². The molecule has 8 nitrogen and oxygen atoms in total. The number of aliphatic hydroxyl groups excluding tert-OH is 1. The number of likely N-dealkylation sites (N-methyl/N-ethyl adjacent to an activating group) is 1. The van der Waals surface area contributed by atoms with Crippen molar-refractivity contribution in [1.29, 1.82) is 0 Å². The number of quaternary nitrogens is 1. The molecular formula is C72H144N2O6P+.